The molecule has 29 heavy (non-hydrogen) atoms. The lowest BCUT2D eigenvalue weighted by Gasteiger charge is -2.10. The number of pyridine rings is 1. The Kier molecular flexibility index (Phi) is 6.39. The van der Waals surface area contributed by atoms with Crippen LogP contribution in [0.25, 0.3) is 11.4 Å². The summed E-state index contributed by atoms with van der Waals surface area (Å²) in [6.07, 6.45) is 3.53. The van der Waals surface area contributed by atoms with E-state index in [9.17, 15) is 0 Å². The highest BCUT2D eigenvalue weighted by Gasteiger charge is 2.08. The largest absolute Gasteiger partial charge is 0.366 e. The number of aromatic nitrogens is 3. The van der Waals surface area contributed by atoms with Crippen LogP contribution in [0.5, 0.6) is 0 Å². The molecule has 1 N–H and O–H groups in total. The van der Waals surface area contributed by atoms with E-state index in [1.54, 1.807) is 24.2 Å². The van der Waals surface area contributed by atoms with Gasteiger partial charge in [0, 0.05) is 46.2 Å². The summed E-state index contributed by atoms with van der Waals surface area (Å²) in [5.41, 5.74) is 3.05. The summed E-state index contributed by atoms with van der Waals surface area (Å²) < 4.78 is 0. The molecular formula is C23H19ClN4S. The topological polar surface area (TPSA) is 50.7 Å². The normalized spacial score (nSPS) is 10.7. The van der Waals surface area contributed by atoms with E-state index in [1.165, 1.54) is 5.56 Å². The van der Waals surface area contributed by atoms with Gasteiger partial charge < -0.3 is 5.32 Å². The molecule has 144 valence electrons. The lowest BCUT2D eigenvalue weighted by molar-refractivity contribution is 1.05. The SMILES string of the molecule is Clc1ccc(SCc2cc(NCc3ccccc3)nc(-c3cccnc3)n2)cc1. The monoisotopic (exact) mass is 418 g/mol. The highest BCUT2D eigenvalue weighted by Crippen LogP contribution is 2.26. The first-order chi connectivity index (χ1) is 14.3. The van der Waals surface area contributed by atoms with Crippen LogP contribution in [0, 0.1) is 0 Å². The molecular weight excluding hydrogens is 400 g/mol. The summed E-state index contributed by atoms with van der Waals surface area (Å²) in [5.74, 6) is 2.20. The van der Waals surface area contributed by atoms with Crippen LogP contribution in [0.2, 0.25) is 5.02 Å². The average Bonchev–Trinajstić information content (AvgIpc) is 2.78. The Balaban J connectivity index is 1.56. The van der Waals surface area contributed by atoms with Crippen molar-refractivity contribution in [3.05, 3.63) is 101 Å². The summed E-state index contributed by atoms with van der Waals surface area (Å²) in [5, 5.41) is 4.16. The number of nitrogens with zero attached hydrogens (tertiary/aromatic N) is 3. The van der Waals surface area contributed by atoms with E-state index >= 15 is 0 Å². The van der Waals surface area contributed by atoms with Crippen molar-refractivity contribution < 1.29 is 0 Å². The predicted molar refractivity (Wildman–Crippen MR) is 120 cm³/mol. The minimum Gasteiger partial charge on any atom is -0.366 e. The first-order valence-corrected chi connectivity index (χ1v) is 10.6. The molecule has 0 fully saturated rings. The molecule has 2 aromatic carbocycles. The Morgan fingerprint density at radius 2 is 1.72 bits per heavy atom. The van der Waals surface area contributed by atoms with Crippen LogP contribution in [0.4, 0.5) is 5.82 Å². The zero-order chi connectivity index (χ0) is 19.9. The van der Waals surface area contributed by atoms with E-state index in [1.807, 2.05) is 60.7 Å². The van der Waals surface area contributed by atoms with Gasteiger partial charge in [-0.25, -0.2) is 9.97 Å². The fourth-order valence-corrected chi connectivity index (χ4v) is 3.68. The Labute approximate surface area is 179 Å². The van der Waals surface area contributed by atoms with Crippen molar-refractivity contribution in [1.82, 2.24) is 15.0 Å². The standard InChI is InChI=1S/C23H19ClN4S/c24-19-8-10-21(11-9-19)29-16-20-13-22(26-14-17-5-2-1-3-6-17)28-23(27-20)18-7-4-12-25-15-18/h1-13,15H,14,16H2,(H,26,27,28). The maximum atomic E-state index is 5.98. The Bertz CT molecular complexity index is 1060. The number of benzene rings is 2. The van der Waals surface area contributed by atoms with Crippen LogP contribution < -0.4 is 5.32 Å². The highest BCUT2D eigenvalue weighted by molar-refractivity contribution is 7.98. The van der Waals surface area contributed by atoms with Crippen LogP contribution >= 0.6 is 23.4 Å². The second kappa shape index (κ2) is 9.54. The number of nitrogens with one attached hydrogen (secondary N) is 1. The molecule has 4 rings (SSSR count). The van der Waals surface area contributed by atoms with Gasteiger partial charge in [0.15, 0.2) is 5.82 Å². The Hall–Kier alpha value is -2.89. The molecule has 4 aromatic rings. The van der Waals surface area contributed by atoms with E-state index in [4.69, 9.17) is 21.6 Å². The van der Waals surface area contributed by atoms with Gasteiger partial charge in [0.25, 0.3) is 0 Å². The molecule has 0 amide bonds. The van der Waals surface area contributed by atoms with E-state index in [0.717, 1.165) is 32.7 Å². The molecule has 0 aliphatic rings. The van der Waals surface area contributed by atoms with Gasteiger partial charge in [0.1, 0.15) is 5.82 Å². The van der Waals surface area contributed by atoms with Crippen molar-refractivity contribution in [1.29, 1.82) is 0 Å². The highest BCUT2D eigenvalue weighted by atomic mass is 35.5. The van der Waals surface area contributed by atoms with Crippen LogP contribution in [0.1, 0.15) is 11.3 Å². The number of hydrogen-bond donors (Lipinski definition) is 1. The number of hydrogen-bond acceptors (Lipinski definition) is 5. The fourth-order valence-electron chi connectivity index (χ4n) is 2.76. The lowest BCUT2D eigenvalue weighted by Crippen LogP contribution is -2.05. The summed E-state index contributed by atoms with van der Waals surface area (Å²) in [4.78, 5) is 14.8. The quantitative estimate of drug-likeness (QED) is 0.367. The molecule has 0 atom stereocenters. The van der Waals surface area contributed by atoms with Crippen molar-refractivity contribution in [3.63, 3.8) is 0 Å². The molecule has 0 unspecified atom stereocenters. The third-order valence-corrected chi connectivity index (χ3v) is 5.51. The van der Waals surface area contributed by atoms with E-state index in [2.05, 4.69) is 22.4 Å². The maximum absolute atomic E-state index is 5.98. The minimum atomic E-state index is 0.669. The number of thioether (sulfide) groups is 1. The third-order valence-electron chi connectivity index (χ3n) is 4.22. The molecule has 0 aliphatic carbocycles. The molecule has 0 aliphatic heterocycles. The van der Waals surface area contributed by atoms with Gasteiger partial charge in [-0.2, -0.15) is 0 Å². The van der Waals surface area contributed by atoms with Gasteiger partial charge in [0.05, 0.1) is 5.69 Å². The average molecular weight is 419 g/mol. The van der Waals surface area contributed by atoms with Gasteiger partial charge in [-0.15, -0.1) is 11.8 Å². The smallest absolute Gasteiger partial charge is 0.163 e. The van der Waals surface area contributed by atoms with Crippen molar-refractivity contribution in [2.24, 2.45) is 0 Å². The van der Waals surface area contributed by atoms with Crippen LogP contribution in [0.15, 0.2) is 90.1 Å². The molecule has 2 heterocycles. The molecule has 4 nitrogen and oxygen atoms in total. The van der Waals surface area contributed by atoms with E-state index in [-0.39, 0.29) is 0 Å². The van der Waals surface area contributed by atoms with Gasteiger partial charge in [0.2, 0.25) is 0 Å². The van der Waals surface area contributed by atoms with Gasteiger partial charge in [-0.05, 0) is 42.0 Å². The van der Waals surface area contributed by atoms with Gasteiger partial charge in [-0.1, -0.05) is 41.9 Å². The first kappa shape index (κ1) is 19.4. The van der Waals surface area contributed by atoms with Gasteiger partial charge >= 0.3 is 0 Å². The van der Waals surface area contributed by atoms with E-state index < -0.39 is 0 Å². The fraction of sp³-hybridized carbons (Fsp3) is 0.0870. The van der Waals surface area contributed by atoms with Crippen molar-refractivity contribution >= 4 is 29.2 Å². The third kappa shape index (κ3) is 5.56. The molecule has 0 saturated carbocycles. The summed E-state index contributed by atoms with van der Waals surface area (Å²) in [7, 11) is 0. The number of anilines is 1. The summed E-state index contributed by atoms with van der Waals surface area (Å²) >= 11 is 7.70. The molecule has 2 aromatic heterocycles. The first-order valence-electron chi connectivity index (χ1n) is 9.21. The number of halogens is 1. The maximum Gasteiger partial charge on any atom is 0.163 e. The van der Waals surface area contributed by atoms with Gasteiger partial charge in [-0.3, -0.25) is 4.98 Å². The zero-order valence-electron chi connectivity index (χ0n) is 15.6. The molecule has 0 spiro atoms. The van der Waals surface area contributed by atoms with Crippen LogP contribution in [0.3, 0.4) is 0 Å². The Morgan fingerprint density at radius 3 is 2.48 bits per heavy atom. The molecule has 0 bridgehead atoms. The van der Waals surface area contributed by atoms with Crippen molar-refractivity contribution in [2.45, 2.75) is 17.2 Å². The van der Waals surface area contributed by atoms with E-state index in [0.29, 0.717) is 12.4 Å². The molecule has 0 saturated heterocycles. The number of rotatable bonds is 7. The summed E-state index contributed by atoms with van der Waals surface area (Å²) in [6, 6.07) is 24.0. The van der Waals surface area contributed by atoms with Crippen LogP contribution in [-0.2, 0) is 12.3 Å². The second-order valence-electron chi connectivity index (χ2n) is 6.39. The van der Waals surface area contributed by atoms with Crippen LogP contribution in [-0.4, -0.2) is 15.0 Å². The zero-order valence-corrected chi connectivity index (χ0v) is 17.2. The second-order valence-corrected chi connectivity index (χ2v) is 7.88. The van der Waals surface area contributed by atoms with Crippen molar-refractivity contribution in [3.8, 4) is 11.4 Å². The minimum absolute atomic E-state index is 0.669. The molecule has 6 heteroatoms. The molecule has 0 radical (unpaired) electrons. The van der Waals surface area contributed by atoms with Crippen molar-refractivity contribution in [2.75, 3.05) is 5.32 Å². The summed E-state index contributed by atoms with van der Waals surface area (Å²) in [6.45, 7) is 0.702. The Morgan fingerprint density at radius 1 is 0.897 bits per heavy atom. The lowest BCUT2D eigenvalue weighted by atomic mass is 10.2. The predicted octanol–water partition coefficient (Wildman–Crippen LogP) is 6.10.